The summed E-state index contributed by atoms with van der Waals surface area (Å²) in [6, 6.07) is 15.5. The maximum Gasteiger partial charge on any atom is 0.261 e. The lowest BCUT2D eigenvalue weighted by molar-refractivity contribution is 0.169. The van der Waals surface area contributed by atoms with Crippen LogP contribution in [-0.4, -0.2) is 34.1 Å². The van der Waals surface area contributed by atoms with Gasteiger partial charge in [-0.25, -0.2) is 4.98 Å². The summed E-state index contributed by atoms with van der Waals surface area (Å²) < 4.78 is 7.62. The number of piperidine rings is 1. The second kappa shape index (κ2) is 9.16. The zero-order valence-corrected chi connectivity index (χ0v) is 19.8. The molecule has 33 heavy (non-hydrogen) atoms. The average molecular weight is 462 g/mol. The van der Waals surface area contributed by atoms with Crippen LogP contribution in [0.1, 0.15) is 25.3 Å². The molecule has 2 aromatic carbocycles. The monoisotopic (exact) mass is 461 g/mol. The number of likely N-dealkylation sites (tertiary alicyclic amines) is 1. The van der Waals surface area contributed by atoms with Gasteiger partial charge in [0.05, 0.1) is 17.2 Å². The van der Waals surface area contributed by atoms with E-state index >= 15 is 0 Å². The molecule has 5 rings (SSSR count). The minimum absolute atomic E-state index is 0.0183. The largest absolute Gasteiger partial charge is 0.461 e. The van der Waals surface area contributed by atoms with Crippen molar-refractivity contribution in [3.63, 3.8) is 0 Å². The maximum atomic E-state index is 13.9. The quantitative estimate of drug-likeness (QED) is 0.365. The maximum absolute atomic E-state index is 13.9. The van der Waals surface area contributed by atoms with Crippen LogP contribution >= 0.6 is 11.6 Å². The van der Waals surface area contributed by atoms with E-state index in [9.17, 15) is 4.79 Å². The number of aryl methyl sites for hydroxylation is 1. The molecule has 0 N–H and O–H groups in total. The Morgan fingerprint density at radius 1 is 1.12 bits per heavy atom. The second-order valence-corrected chi connectivity index (χ2v) is 9.36. The van der Waals surface area contributed by atoms with Crippen molar-refractivity contribution in [3.05, 3.63) is 75.7 Å². The predicted octanol–water partition coefficient (Wildman–Crippen LogP) is 6.02. The summed E-state index contributed by atoms with van der Waals surface area (Å²) in [4.78, 5) is 21.3. The van der Waals surface area contributed by atoms with E-state index in [1.54, 1.807) is 6.26 Å². The molecule has 5 nitrogen and oxygen atoms in total. The van der Waals surface area contributed by atoms with Gasteiger partial charge in [-0.1, -0.05) is 36.7 Å². The third kappa shape index (κ3) is 4.35. The summed E-state index contributed by atoms with van der Waals surface area (Å²) in [5, 5.41) is 1.31. The number of hydrogen-bond acceptors (Lipinski definition) is 4. The summed E-state index contributed by atoms with van der Waals surface area (Å²) in [6.45, 7) is 7.99. The number of aromatic nitrogens is 2. The van der Waals surface area contributed by atoms with Crippen molar-refractivity contribution in [2.45, 2.75) is 33.2 Å². The van der Waals surface area contributed by atoms with Gasteiger partial charge in [0.15, 0.2) is 11.6 Å². The fraction of sp³-hybridized carbons (Fsp3) is 0.333. The molecule has 1 atom stereocenters. The minimum atomic E-state index is -0.0183. The molecule has 1 aliphatic rings. The molecule has 1 unspecified atom stereocenters. The Morgan fingerprint density at radius 3 is 2.64 bits per heavy atom. The van der Waals surface area contributed by atoms with Crippen molar-refractivity contribution in [1.82, 2.24) is 14.5 Å². The van der Waals surface area contributed by atoms with Crippen LogP contribution in [0.25, 0.3) is 33.6 Å². The Hall–Kier alpha value is -2.89. The van der Waals surface area contributed by atoms with E-state index < -0.39 is 0 Å². The Morgan fingerprint density at radius 2 is 1.91 bits per heavy atom. The lowest BCUT2D eigenvalue weighted by Crippen LogP contribution is -2.38. The molecule has 1 saturated heterocycles. The number of benzene rings is 2. The summed E-state index contributed by atoms with van der Waals surface area (Å²) in [7, 11) is 0. The molecular formula is C27H28ClN3O2. The summed E-state index contributed by atoms with van der Waals surface area (Å²) in [6.07, 6.45) is 3.93. The smallest absolute Gasteiger partial charge is 0.261 e. The molecule has 1 fully saturated rings. The van der Waals surface area contributed by atoms with Crippen LogP contribution < -0.4 is 5.56 Å². The first-order valence-corrected chi connectivity index (χ1v) is 12.0. The number of fused-ring (bicyclic) bond motifs is 1. The van der Waals surface area contributed by atoms with Crippen molar-refractivity contribution < 1.29 is 4.42 Å². The minimum Gasteiger partial charge on any atom is -0.461 e. The second-order valence-electron chi connectivity index (χ2n) is 8.92. The normalized spacial score (nSPS) is 17.0. The molecule has 1 aliphatic heterocycles. The fourth-order valence-corrected chi connectivity index (χ4v) is 4.96. The van der Waals surface area contributed by atoms with Crippen LogP contribution in [0.5, 0.6) is 0 Å². The van der Waals surface area contributed by atoms with E-state index in [1.807, 2.05) is 60.0 Å². The lowest BCUT2D eigenvalue weighted by atomic mass is 9.97. The van der Waals surface area contributed by atoms with Gasteiger partial charge in [0, 0.05) is 18.1 Å². The molecule has 170 valence electrons. The Balaban J connectivity index is 1.64. The van der Waals surface area contributed by atoms with Crippen LogP contribution in [0.4, 0.5) is 0 Å². The summed E-state index contributed by atoms with van der Waals surface area (Å²) in [5.41, 5.74) is 3.63. The van der Waals surface area contributed by atoms with E-state index in [2.05, 4.69) is 11.8 Å². The molecule has 0 radical (unpaired) electrons. The first kappa shape index (κ1) is 21.9. The molecule has 0 spiro atoms. The number of hydrogen-bond donors (Lipinski definition) is 0. The predicted molar refractivity (Wildman–Crippen MR) is 134 cm³/mol. The molecular weight excluding hydrogens is 434 g/mol. The average Bonchev–Trinajstić information content (AvgIpc) is 3.27. The van der Waals surface area contributed by atoms with Gasteiger partial charge in [0.2, 0.25) is 0 Å². The van der Waals surface area contributed by atoms with Crippen LogP contribution in [-0.2, 0) is 6.54 Å². The first-order valence-electron chi connectivity index (χ1n) is 11.6. The highest BCUT2D eigenvalue weighted by Crippen LogP contribution is 2.28. The number of furan rings is 1. The Bertz CT molecular complexity index is 1340. The highest BCUT2D eigenvalue weighted by molar-refractivity contribution is 6.30. The van der Waals surface area contributed by atoms with Crippen LogP contribution in [0.15, 0.2) is 64.0 Å². The van der Waals surface area contributed by atoms with Gasteiger partial charge >= 0.3 is 0 Å². The van der Waals surface area contributed by atoms with Crippen molar-refractivity contribution in [2.75, 3.05) is 19.6 Å². The highest BCUT2D eigenvalue weighted by Gasteiger charge is 2.23. The summed E-state index contributed by atoms with van der Waals surface area (Å²) >= 11 is 6.06. The van der Waals surface area contributed by atoms with Crippen LogP contribution in [0.3, 0.4) is 0 Å². The number of nitrogens with zero attached hydrogens (tertiary/aromatic N) is 3. The molecule has 0 saturated carbocycles. The van der Waals surface area contributed by atoms with Gasteiger partial charge in [0.1, 0.15) is 0 Å². The third-order valence-electron chi connectivity index (χ3n) is 6.69. The molecule has 6 heteroatoms. The standard InChI is InChI=1S/C27H28ClN3O2/c1-3-30-13-4-5-19(16-30)17-31-26(25-18(2)12-14-33-25)29-24-11-8-21(15-23(24)27(31)32)20-6-9-22(28)10-7-20/h6-12,14-15,19H,3-5,13,16-17H2,1-2H3. The number of halogens is 1. The van der Waals surface area contributed by atoms with Crippen molar-refractivity contribution in [2.24, 2.45) is 5.92 Å². The van der Waals surface area contributed by atoms with Crippen molar-refractivity contribution in [3.8, 4) is 22.7 Å². The van der Waals surface area contributed by atoms with E-state index in [-0.39, 0.29) is 5.56 Å². The molecule has 3 heterocycles. The van der Waals surface area contributed by atoms with Crippen LogP contribution in [0.2, 0.25) is 5.02 Å². The van der Waals surface area contributed by atoms with E-state index in [1.165, 1.54) is 0 Å². The van der Waals surface area contributed by atoms with Crippen molar-refractivity contribution in [1.29, 1.82) is 0 Å². The molecule has 4 aromatic rings. The van der Waals surface area contributed by atoms with E-state index in [0.29, 0.717) is 40.0 Å². The van der Waals surface area contributed by atoms with Gasteiger partial charge in [-0.3, -0.25) is 9.36 Å². The molecule has 2 aromatic heterocycles. The lowest BCUT2D eigenvalue weighted by Gasteiger charge is -2.32. The van der Waals surface area contributed by atoms with E-state index in [0.717, 1.165) is 49.2 Å². The SMILES string of the molecule is CCN1CCCC(Cn2c(-c3occc3C)nc3ccc(-c4ccc(Cl)cc4)cc3c2=O)C1. The van der Waals surface area contributed by atoms with Crippen molar-refractivity contribution >= 4 is 22.5 Å². The first-order chi connectivity index (χ1) is 16.0. The topological polar surface area (TPSA) is 51.3 Å². The fourth-order valence-electron chi connectivity index (χ4n) is 4.83. The Kier molecular flexibility index (Phi) is 6.09. The van der Waals surface area contributed by atoms with Gasteiger partial charge in [-0.05, 0) is 85.8 Å². The third-order valence-corrected chi connectivity index (χ3v) is 6.94. The molecule has 0 amide bonds. The highest BCUT2D eigenvalue weighted by atomic mass is 35.5. The zero-order chi connectivity index (χ0) is 22.9. The molecule has 0 aliphatic carbocycles. The van der Waals surface area contributed by atoms with E-state index in [4.69, 9.17) is 21.0 Å². The van der Waals surface area contributed by atoms with Crippen LogP contribution in [0, 0.1) is 12.8 Å². The number of rotatable bonds is 5. The van der Waals surface area contributed by atoms with Gasteiger partial charge < -0.3 is 9.32 Å². The summed E-state index contributed by atoms with van der Waals surface area (Å²) in [5.74, 6) is 1.69. The van der Waals surface area contributed by atoms with Gasteiger partial charge in [0.25, 0.3) is 5.56 Å². The molecule has 0 bridgehead atoms. The Labute approximate surface area is 198 Å². The van der Waals surface area contributed by atoms with Gasteiger partial charge in [-0.15, -0.1) is 0 Å². The van der Waals surface area contributed by atoms with Gasteiger partial charge in [-0.2, -0.15) is 0 Å². The zero-order valence-electron chi connectivity index (χ0n) is 19.1.